The molecular formula is C18H14ClN3O2. The maximum absolute atomic E-state index is 12.2. The Labute approximate surface area is 144 Å². The van der Waals surface area contributed by atoms with Gasteiger partial charge in [0, 0.05) is 23.6 Å². The lowest BCUT2D eigenvalue weighted by molar-refractivity contribution is 0.102. The molecule has 1 heterocycles. The molecule has 0 bridgehead atoms. The second-order valence-electron chi connectivity index (χ2n) is 5.10. The molecule has 0 saturated carbocycles. The molecule has 0 atom stereocenters. The lowest BCUT2D eigenvalue weighted by atomic mass is 10.1. The zero-order valence-electron chi connectivity index (χ0n) is 12.9. The van der Waals surface area contributed by atoms with Gasteiger partial charge in [-0.3, -0.25) is 4.79 Å². The predicted molar refractivity (Wildman–Crippen MR) is 92.7 cm³/mol. The van der Waals surface area contributed by atoms with Gasteiger partial charge in [-0.2, -0.15) is 0 Å². The molecule has 0 aliphatic heterocycles. The molecule has 3 aromatic rings. The SMILES string of the molecule is Cc1ccc(C(=O)Nc2ccc(Oc3ncccn3)c(Cl)c2)cc1. The molecule has 120 valence electrons. The highest BCUT2D eigenvalue weighted by Crippen LogP contribution is 2.30. The Kier molecular flexibility index (Phi) is 4.72. The molecule has 3 rings (SSSR count). The molecule has 2 aromatic carbocycles. The average molecular weight is 340 g/mol. The first-order valence-corrected chi connectivity index (χ1v) is 7.62. The third-order valence-corrected chi connectivity index (χ3v) is 3.54. The predicted octanol–water partition coefficient (Wildman–Crippen LogP) is 4.48. The number of carbonyl (C=O) groups is 1. The molecule has 0 saturated heterocycles. The van der Waals surface area contributed by atoms with Gasteiger partial charge in [0.25, 0.3) is 5.91 Å². The number of hydrogen-bond donors (Lipinski definition) is 1. The van der Waals surface area contributed by atoms with E-state index in [0.717, 1.165) is 5.56 Å². The van der Waals surface area contributed by atoms with Gasteiger partial charge >= 0.3 is 6.01 Å². The number of hydrogen-bond acceptors (Lipinski definition) is 4. The molecule has 0 aliphatic rings. The van der Waals surface area contributed by atoms with Crippen LogP contribution in [0.4, 0.5) is 5.69 Å². The summed E-state index contributed by atoms with van der Waals surface area (Å²) >= 11 is 6.20. The minimum atomic E-state index is -0.203. The van der Waals surface area contributed by atoms with E-state index in [0.29, 0.717) is 22.0 Å². The van der Waals surface area contributed by atoms with Crippen molar-refractivity contribution in [2.75, 3.05) is 5.32 Å². The van der Waals surface area contributed by atoms with Crippen LogP contribution in [0.3, 0.4) is 0 Å². The minimum absolute atomic E-state index is 0.203. The molecule has 24 heavy (non-hydrogen) atoms. The molecule has 1 N–H and O–H groups in total. The summed E-state index contributed by atoms with van der Waals surface area (Å²) in [7, 11) is 0. The first-order chi connectivity index (χ1) is 11.6. The number of benzene rings is 2. The Hall–Kier alpha value is -2.92. The Morgan fingerprint density at radius 1 is 1.08 bits per heavy atom. The van der Waals surface area contributed by atoms with E-state index in [1.807, 2.05) is 19.1 Å². The maximum atomic E-state index is 12.2. The number of amides is 1. The van der Waals surface area contributed by atoms with Crippen LogP contribution >= 0.6 is 11.6 Å². The summed E-state index contributed by atoms with van der Waals surface area (Å²) in [6.45, 7) is 1.97. The standard InChI is InChI=1S/C18H14ClN3O2/c1-12-3-5-13(6-4-12)17(23)22-14-7-8-16(15(19)11-14)24-18-20-9-2-10-21-18/h2-11H,1H3,(H,22,23). The molecule has 0 spiro atoms. The van der Waals surface area contributed by atoms with Gasteiger partial charge in [0.1, 0.15) is 5.75 Å². The molecule has 0 unspecified atom stereocenters. The van der Waals surface area contributed by atoms with Crippen LogP contribution in [0.2, 0.25) is 5.02 Å². The quantitative estimate of drug-likeness (QED) is 0.761. The summed E-state index contributed by atoms with van der Waals surface area (Å²) in [6.07, 6.45) is 3.15. The van der Waals surface area contributed by atoms with Gasteiger partial charge in [-0.15, -0.1) is 0 Å². The average Bonchev–Trinajstić information content (AvgIpc) is 2.59. The van der Waals surface area contributed by atoms with E-state index in [2.05, 4.69) is 15.3 Å². The smallest absolute Gasteiger partial charge is 0.321 e. The van der Waals surface area contributed by atoms with E-state index in [1.165, 1.54) is 0 Å². The van der Waals surface area contributed by atoms with E-state index < -0.39 is 0 Å². The van der Waals surface area contributed by atoms with Crippen molar-refractivity contribution in [1.82, 2.24) is 9.97 Å². The number of aromatic nitrogens is 2. The maximum Gasteiger partial charge on any atom is 0.321 e. The first-order valence-electron chi connectivity index (χ1n) is 7.24. The van der Waals surface area contributed by atoms with Gasteiger partial charge in [0.15, 0.2) is 0 Å². The highest BCUT2D eigenvalue weighted by Gasteiger charge is 2.09. The van der Waals surface area contributed by atoms with E-state index in [9.17, 15) is 4.79 Å². The lowest BCUT2D eigenvalue weighted by Crippen LogP contribution is -2.11. The van der Waals surface area contributed by atoms with Crippen molar-refractivity contribution in [2.24, 2.45) is 0 Å². The van der Waals surface area contributed by atoms with E-state index in [4.69, 9.17) is 16.3 Å². The number of nitrogens with one attached hydrogen (secondary N) is 1. The summed E-state index contributed by atoms with van der Waals surface area (Å²) in [5, 5.41) is 3.15. The van der Waals surface area contributed by atoms with Gasteiger partial charge in [0.05, 0.1) is 5.02 Å². The molecule has 0 radical (unpaired) electrons. The first kappa shape index (κ1) is 16.0. The zero-order chi connectivity index (χ0) is 16.9. The molecule has 0 fully saturated rings. The topological polar surface area (TPSA) is 64.1 Å². The van der Waals surface area contributed by atoms with E-state index in [1.54, 1.807) is 48.8 Å². The summed E-state index contributed by atoms with van der Waals surface area (Å²) in [6, 6.07) is 14.2. The number of carbonyl (C=O) groups excluding carboxylic acids is 1. The third-order valence-electron chi connectivity index (χ3n) is 3.25. The third kappa shape index (κ3) is 3.88. The Morgan fingerprint density at radius 3 is 2.46 bits per heavy atom. The van der Waals surface area contributed by atoms with Crippen molar-refractivity contribution >= 4 is 23.2 Å². The van der Waals surface area contributed by atoms with Crippen molar-refractivity contribution in [3.05, 3.63) is 77.1 Å². The molecule has 1 aromatic heterocycles. The Bertz CT molecular complexity index is 852. The summed E-state index contributed by atoms with van der Waals surface area (Å²) in [5.74, 6) is 0.210. The summed E-state index contributed by atoms with van der Waals surface area (Å²) in [5.41, 5.74) is 2.25. The van der Waals surface area contributed by atoms with Crippen LogP contribution < -0.4 is 10.1 Å². The van der Waals surface area contributed by atoms with Crippen LogP contribution in [-0.4, -0.2) is 15.9 Å². The van der Waals surface area contributed by atoms with Crippen molar-refractivity contribution in [3.8, 4) is 11.8 Å². The highest BCUT2D eigenvalue weighted by molar-refractivity contribution is 6.32. The van der Waals surface area contributed by atoms with Crippen molar-refractivity contribution in [1.29, 1.82) is 0 Å². The van der Waals surface area contributed by atoms with Crippen LogP contribution in [0, 0.1) is 6.92 Å². The molecular weight excluding hydrogens is 326 g/mol. The number of rotatable bonds is 4. The number of ether oxygens (including phenoxy) is 1. The van der Waals surface area contributed by atoms with Crippen molar-refractivity contribution in [2.45, 2.75) is 6.92 Å². The fourth-order valence-electron chi connectivity index (χ4n) is 2.01. The van der Waals surface area contributed by atoms with Gasteiger partial charge in [-0.1, -0.05) is 29.3 Å². The largest absolute Gasteiger partial charge is 0.423 e. The summed E-state index contributed by atoms with van der Waals surface area (Å²) in [4.78, 5) is 20.1. The van der Waals surface area contributed by atoms with E-state index >= 15 is 0 Å². The zero-order valence-corrected chi connectivity index (χ0v) is 13.6. The van der Waals surface area contributed by atoms with Crippen LogP contribution in [0.15, 0.2) is 60.9 Å². The van der Waals surface area contributed by atoms with Crippen molar-refractivity contribution < 1.29 is 9.53 Å². The molecule has 5 nitrogen and oxygen atoms in total. The van der Waals surface area contributed by atoms with Gasteiger partial charge in [-0.25, -0.2) is 9.97 Å². The van der Waals surface area contributed by atoms with Gasteiger partial charge < -0.3 is 10.1 Å². The molecule has 1 amide bonds. The monoisotopic (exact) mass is 339 g/mol. The van der Waals surface area contributed by atoms with Crippen molar-refractivity contribution in [3.63, 3.8) is 0 Å². The second-order valence-corrected chi connectivity index (χ2v) is 5.51. The number of anilines is 1. The molecule has 0 aliphatic carbocycles. The Balaban J connectivity index is 1.72. The van der Waals surface area contributed by atoms with Crippen LogP contribution in [0.1, 0.15) is 15.9 Å². The van der Waals surface area contributed by atoms with Gasteiger partial charge in [0.2, 0.25) is 0 Å². The lowest BCUT2D eigenvalue weighted by Gasteiger charge is -2.09. The van der Waals surface area contributed by atoms with E-state index in [-0.39, 0.29) is 11.9 Å². The fourth-order valence-corrected chi connectivity index (χ4v) is 2.23. The van der Waals surface area contributed by atoms with Crippen LogP contribution in [0.25, 0.3) is 0 Å². The highest BCUT2D eigenvalue weighted by atomic mass is 35.5. The number of nitrogens with zero attached hydrogens (tertiary/aromatic N) is 2. The Morgan fingerprint density at radius 2 is 1.79 bits per heavy atom. The van der Waals surface area contributed by atoms with Crippen LogP contribution in [-0.2, 0) is 0 Å². The van der Waals surface area contributed by atoms with Gasteiger partial charge in [-0.05, 0) is 43.3 Å². The minimum Gasteiger partial charge on any atom is -0.423 e. The fraction of sp³-hybridized carbons (Fsp3) is 0.0556. The second kappa shape index (κ2) is 7.10. The van der Waals surface area contributed by atoms with Crippen LogP contribution in [0.5, 0.6) is 11.8 Å². The summed E-state index contributed by atoms with van der Waals surface area (Å²) < 4.78 is 5.50. The molecule has 6 heteroatoms. The number of halogens is 1. The number of aryl methyl sites for hydroxylation is 1. The normalized spacial score (nSPS) is 10.2.